The molecule has 0 aliphatic carbocycles. The quantitative estimate of drug-likeness (QED) is 0.420. The predicted octanol–water partition coefficient (Wildman–Crippen LogP) is 3.34. The van der Waals surface area contributed by atoms with Gasteiger partial charge < -0.3 is 4.74 Å². The summed E-state index contributed by atoms with van der Waals surface area (Å²) in [5.41, 5.74) is 0. The molecule has 0 aromatic carbocycles. The highest BCUT2D eigenvalue weighted by Crippen LogP contribution is 2.30. The first-order valence-corrected chi connectivity index (χ1v) is 5.33. The molecule has 0 N–H and O–H groups in total. The van der Waals surface area contributed by atoms with Gasteiger partial charge in [0.25, 0.3) is 0 Å². The molecular weight excluding hydrogens is 148 g/mol. The monoisotopic (exact) mass is 169 g/mol. The van der Waals surface area contributed by atoms with E-state index < -0.39 is 0 Å². The minimum atomic E-state index is 0.573. The first kappa shape index (κ1) is 10.0. The van der Waals surface area contributed by atoms with Crippen molar-refractivity contribution in [2.75, 3.05) is 0 Å². The first-order chi connectivity index (χ1) is 5.88. The molecule has 1 saturated heterocycles. The van der Waals surface area contributed by atoms with Gasteiger partial charge in [0.15, 0.2) is 0 Å². The number of epoxide rings is 1. The summed E-state index contributed by atoms with van der Waals surface area (Å²) < 4.78 is 5.50. The number of unbranched alkanes of at least 4 members (excludes halogenated alkanes) is 3. The van der Waals surface area contributed by atoms with Crippen molar-refractivity contribution in [3.8, 4) is 0 Å². The van der Waals surface area contributed by atoms with Crippen LogP contribution in [0, 0.1) is 6.92 Å². The summed E-state index contributed by atoms with van der Waals surface area (Å²) in [6.45, 7) is 6.08. The lowest BCUT2D eigenvalue weighted by Crippen LogP contribution is -1.93. The Morgan fingerprint density at radius 1 is 1.08 bits per heavy atom. The van der Waals surface area contributed by atoms with E-state index in [1.54, 1.807) is 0 Å². The number of hydrogen-bond donors (Lipinski definition) is 0. The SMILES string of the molecule is [CH2]CCC1OC1CCCCCC. The van der Waals surface area contributed by atoms with Crippen LogP contribution in [0.15, 0.2) is 0 Å². The fourth-order valence-corrected chi connectivity index (χ4v) is 1.66. The lowest BCUT2D eigenvalue weighted by Gasteiger charge is -1.95. The highest BCUT2D eigenvalue weighted by molar-refractivity contribution is 4.84. The molecule has 71 valence electrons. The van der Waals surface area contributed by atoms with Gasteiger partial charge in [-0.1, -0.05) is 46.0 Å². The van der Waals surface area contributed by atoms with Gasteiger partial charge in [-0.2, -0.15) is 0 Å². The zero-order valence-electron chi connectivity index (χ0n) is 8.22. The molecule has 1 nitrogen and oxygen atoms in total. The highest BCUT2D eigenvalue weighted by Gasteiger charge is 2.36. The molecule has 1 fully saturated rings. The van der Waals surface area contributed by atoms with E-state index in [2.05, 4.69) is 13.8 Å². The summed E-state index contributed by atoms with van der Waals surface area (Å²) >= 11 is 0. The van der Waals surface area contributed by atoms with Crippen molar-refractivity contribution in [2.24, 2.45) is 0 Å². The summed E-state index contributed by atoms with van der Waals surface area (Å²) in [5.74, 6) is 0. The highest BCUT2D eigenvalue weighted by atomic mass is 16.6. The molecule has 2 unspecified atom stereocenters. The standard InChI is InChI=1S/C11H21O/c1-3-5-6-7-9-11-10(12-11)8-4-2/h10-11H,2-9H2,1H3. The van der Waals surface area contributed by atoms with Crippen molar-refractivity contribution in [3.05, 3.63) is 6.92 Å². The van der Waals surface area contributed by atoms with E-state index in [-0.39, 0.29) is 0 Å². The van der Waals surface area contributed by atoms with Gasteiger partial charge in [-0.15, -0.1) is 0 Å². The lowest BCUT2D eigenvalue weighted by molar-refractivity contribution is 0.352. The number of rotatable bonds is 7. The third-order valence-electron chi connectivity index (χ3n) is 2.52. The van der Waals surface area contributed by atoms with Gasteiger partial charge in [0.2, 0.25) is 0 Å². The molecule has 0 spiro atoms. The van der Waals surface area contributed by atoms with Crippen molar-refractivity contribution >= 4 is 0 Å². The van der Waals surface area contributed by atoms with Crippen LogP contribution in [0.1, 0.15) is 51.9 Å². The van der Waals surface area contributed by atoms with Crippen LogP contribution in [0.3, 0.4) is 0 Å². The molecule has 0 aromatic heterocycles. The Hall–Kier alpha value is -0.0400. The Kier molecular flexibility index (Phi) is 4.67. The summed E-state index contributed by atoms with van der Waals surface area (Å²) in [7, 11) is 0. The minimum Gasteiger partial charge on any atom is -0.370 e. The Labute approximate surface area is 76.5 Å². The van der Waals surface area contributed by atoms with Crippen LogP contribution in [-0.4, -0.2) is 12.2 Å². The van der Waals surface area contributed by atoms with E-state index >= 15 is 0 Å². The maximum absolute atomic E-state index is 5.50. The average molecular weight is 169 g/mol. The Morgan fingerprint density at radius 3 is 2.50 bits per heavy atom. The van der Waals surface area contributed by atoms with Gasteiger partial charge in [-0.05, 0) is 12.8 Å². The molecule has 1 aliphatic heterocycles. The van der Waals surface area contributed by atoms with E-state index in [9.17, 15) is 0 Å². The molecule has 0 saturated carbocycles. The average Bonchev–Trinajstić information content (AvgIpc) is 2.79. The van der Waals surface area contributed by atoms with E-state index in [1.165, 1.54) is 38.5 Å². The zero-order valence-corrected chi connectivity index (χ0v) is 8.22. The van der Waals surface area contributed by atoms with Crippen LogP contribution in [0.5, 0.6) is 0 Å². The van der Waals surface area contributed by atoms with Crippen molar-refractivity contribution in [3.63, 3.8) is 0 Å². The number of ether oxygens (including phenoxy) is 1. The van der Waals surface area contributed by atoms with Crippen LogP contribution < -0.4 is 0 Å². The Morgan fingerprint density at radius 2 is 1.83 bits per heavy atom. The smallest absolute Gasteiger partial charge is 0.0841 e. The number of hydrogen-bond acceptors (Lipinski definition) is 1. The second kappa shape index (κ2) is 5.58. The maximum atomic E-state index is 5.50. The molecule has 1 rings (SSSR count). The topological polar surface area (TPSA) is 12.5 Å². The molecule has 2 atom stereocenters. The summed E-state index contributed by atoms with van der Waals surface area (Å²) in [6.07, 6.45) is 10.1. The van der Waals surface area contributed by atoms with Crippen molar-refractivity contribution in [1.29, 1.82) is 0 Å². The molecule has 0 bridgehead atoms. The molecule has 1 heterocycles. The largest absolute Gasteiger partial charge is 0.370 e. The third-order valence-corrected chi connectivity index (χ3v) is 2.52. The lowest BCUT2D eigenvalue weighted by atomic mass is 10.1. The second-order valence-corrected chi connectivity index (χ2v) is 3.70. The van der Waals surface area contributed by atoms with Gasteiger partial charge in [0.1, 0.15) is 0 Å². The second-order valence-electron chi connectivity index (χ2n) is 3.70. The van der Waals surface area contributed by atoms with Crippen LogP contribution in [-0.2, 0) is 4.74 Å². The summed E-state index contributed by atoms with van der Waals surface area (Å²) in [4.78, 5) is 0. The summed E-state index contributed by atoms with van der Waals surface area (Å²) in [6, 6.07) is 0. The van der Waals surface area contributed by atoms with Crippen LogP contribution >= 0.6 is 0 Å². The predicted molar refractivity (Wildman–Crippen MR) is 52.0 cm³/mol. The first-order valence-electron chi connectivity index (χ1n) is 5.33. The van der Waals surface area contributed by atoms with Gasteiger partial charge in [-0.3, -0.25) is 0 Å². The molecule has 0 amide bonds. The van der Waals surface area contributed by atoms with E-state index in [4.69, 9.17) is 4.74 Å². The van der Waals surface area contributed by atoms with Crippen molar-refractivity contribution in [1.82, 2.24) is 0 Å². The molecule has 12 heavy (non-hydrogen) atoms. The fraction of sp³-hybridized carbons (Fsp3) is 0.909. The van der Waals surface area contributed by atoms with Crippen LogP contribution in [0.25, 0.3) is 0 Å². The molecule has 1 radical (unpaired) electrons. The van der Waals surface area contributed by atoms with E-state index in [1.807, 2.05) is 0 Å². The molecule has 0 aromatic rings. The Bertz CT molecular complexity index is 112. The van der Waals surface area contributed by atoms with Gasteiger partial charge >= 0.3 is 0 Å². The minimum absolute atomic E-state index is 0.573. The van der Waals surface area contributed by atoms with Gasteiger partial charge in [-0.25, -0.2) is 0 Å². The van der Waals surface area contributed by atoms with Crippen molar-refractivity contribution < 1.29 is 4.74 Å². The Balaban J connectivity index is 1.83. The molecule has 1 heteroatoms. The summed E-state index contributed by atoms with van der Waals surface area (Å²) in [5, 5.41) is 0. The van der Waals surface area contributed by atoms with Crippen LogP contribution in [0.4, 0.5) is 0 Å². The fourth-order valence-electron chi connectivity index (χ4n) is 1.66. The molecular formula is C11H21O. The van der Waals surface area contributed by atoms with Gasteiger partial charge in [0.05, 0.1) is 12.2 Å². The van der Waals surface area contributed by atoms with Crippen molar-refractivity contribution in [2.45, 2.75) is 64.1 Å². The normalized spacial score (nSPS) is 27.5. The van der Waals surface area contributed by atoms with Gasteiger partial charge in [0, 0.05) is 0 Å². The molecule has 1 aliphatic rings. The third kappa shape index (κ3) is 3.57. The zero-order chi connectivity index (χ0) is 8.81. The van der Waals surface area contributed by atoms with Crippen LogP contribution in [0.2, 0.25) is 0 Å². The maximum Gasteiger partial charge on any atom is 0.0841 e. The van der Waals surface area contributed by atoms with E-state index in [0.29, 0.717) is 12.2 Å². The van der Waals surface area contributed by atoms with E-state index in [0.717, 1.165) is 6.42 Å².